The van der Waals surface area contributed by atoms with Gasteiger partial charge in [0.2, 0.25) is 0 Å². The van der Waals surface area contributed by atoms with Crippen molar-refractivity contribution in [3.05, 3.63) is 35.3 Å². The summed E-state index contributed by atoms with van der Waals surface area (Å²) in [6, 6.07) is 3.73. The first-order valence-corrected chi connectivity index (χ1v) is 7.20. The first kappa shape index (κ1) is 15.1. The van der Waals surface area contributed by atoms with Gasteiger partial charge in [-0.3, -0.25) is 0 Å². The third-order valence-electron chi connectivity index (χ3n) is 3.82. The van der Waals surface area contributed by atoms with Gasteiger partial charge in [0.25, 0.3) is 0 Å². The van der Waals surface area contributed by atoms with E-state index in [2.05, 4.69) is 15.5 Å². The average molecular weight is 314 g/mol. The first-order valence-electron chi connectivity index (χ1n) is 7.20. The van der Waals surface area contributed by atoms with E-state index in [-0.39, 0.29) is 12.2 Å². The van der Waals surface area contributed by atoms with Crippen LogP contribution in [0.15, 0.2) is 16.5 Å². The van der Waals surface area contributed by atoms with Crippen LogP contribution < -0.4 is 5.32 Å². The van der Waals surface area contributed by atoms with Crippen molar-refractivity contribution in [2.24, 2.45) is 0 Å². The maximum atomic E-state index is 13.0. The standard InChI is InChI=1S/C14H17F3N4O/c1-9-4-5-10(22-9)7-18-8-12-19-20-13-11(14(15,16)17)3-2-6-21(12)13/h4-5,11,18H,2-3,6-8H2,1H3/t11-/m0/s1. The van der Waals surface area contributed by atoms with Crippen molar-refractivity contribution in [1.82, 2.24) is 20.1 Å². The first-order chi connectivity index (χ1) is 10.4. The van der Waals surface area contributed by atoms with E-state index >= 15 is 0 Å². The molecule has 0 fully saturated rings. The summed E-state index contributed by atoms with van der Waals surface area (Å²) in [4.78, 5) is 0. The fraction of sp³-hybridized carbons (Fsp3) is 0.571. The van der Waals surface area contributed by atoms with Crippen molar-refractivity contribution in [2.45, 2.75) is 51.5 Å². The van der Waals surface area contributed by atoms with E-state index in [0.29, 0.717) is 31.9 Å². The number of furan rings is 1. The molecule has 0 spiro atoms. The number of nitrogens with one attached hydrogen (secondary N) is 1. The molecule has 0 bridgehead atoms. The highest BCUT2D eigenvalue weighted by Crippen LogP contribution is 2.40. The molecule has 0 aliphatic carbocycles. The molecule has 22 heavy (non-hydrogen) atoms. The van der Waals surface area contributed by atoms with Crippen LogP contribution in [0.4, 0.5) is 13.2 Å². The number of halogens is 3. The molecule has 0 saturated heterocycles. The van der Waals surface area contributed by atoms with Crippen LogP contribution in [0.25, 0.3) is 0 Å². The van der Waals surface area contributed by atoms with Crippen molar-refractivity contribution < 1.29 is 17.6 Å². The molecule has 5 nitrogen and oxygen atoms in total. The third kappa shape index (κ3) is 3.01. The highest BCUT2D eigenvalue weighted by Gasteiger charge is 2.45. The number of aryl methyl sites for hydroxylation is 1. The van der Waals surface area contributed by atoms with Crippen molar-refractivity contribution >= 4 is 0 Å². The predicted molar refractivity (Wildman–Crippen MR) is 72.0 cm³/mol. The number of aromatic nitrogens is 3. The summed E-state index contributed by atoms with van der Waals surface area (Å²) in [7, 11) is 0. The Labute approximate surface area is 125 Å². The Balaban J connectivity index is 1.67. The van der Waals surface area contributed by atoms with Crippen molar-refractivity contribution in [2.75, 3.05) is 0 Å². The molecule has 0 radical (unpaired) electrons. The Morgan fingerprint density at radius 1 is 1.32 bits per heavy atom. The highest BCUT2D eigenvalue weighted by atomic mass is 19.4. The van der Waals surface area contributed by atoms with Crippen LogP contribution in [0.1, 0.15) is 41.9 Å². The number of rotatable bonds is 4. The fourth-order valence-electron chi connectivity index (χ4n) is 2.75. The Hall–Kier alpha value is -1.83. The zero-order valence-electron chi connectivity index (χ0n) is 12.2. The molecular formula is C14H17F3N4O. The molecule has 3 heterocycles. The molecule has 1 atom stereocenters. The molecule has 0 saturated carbocycles. The molecule has 120 valence electrons. The lowest BCUT2D eigenvalue weighted by Gasteiger charge is -2.25. The minimum atomic E-state index is -4.26. The van der Waals surface area contributed by atoms with Gasteiger partial charge in [-0.15, -0.1) is 10.2 Å². The van der Waals surface area contributed by atoms with Gasteiger partial charge in [-0.25, -0.2) is 0 Å². The van der Waals surface area contributed by atoms with E-state index < -0.39 is 12.1 Å². The zero-order chi connectivity index (χ0) is 15.7. The highest BCUT2D eigenvalue weighted by molar-refractivity contribution is 5.08. The number of hydrogen-bond donors (Lipinski definition) is 1. The predicted octanol–water partition coefficient (Wildman–Crippen LogP) is 2.91. The van der Waals surface area contributed by atoms with Crippen molar-refractivity contribution in [1.29, 1.82) is 0 Å². The maximum Gasteiger partial charge on any atom is 0.398 e. The molecule has 8 heteroatoms. The van der Waals surface area contributed by atoms with Gasteiger partial charge in [0.05, 0.1) is 13.1 Å². The summed E-state index contributed by atoms with van der Waals surface area (Å²) in [5, 5.41) is 10.8. The average Bonchev–Trinajstić information content (AvgIpc) is 3.04. The summed E-state index contributed by atoms with van der Waals surface area (Å²) in [5.41, 5.74) is 0. The molecular weight excluding hydrogens is 297 g/mol. The lowest BCUT2D eigenvalue weighted by molar-refractivity contribution is -0.156. The summed E-state index contributed by atoms with van der Waals surface area (Å²) in [6.45, 7) is 3.25. The van der Waals surface area contributed by atoms with E-state index in [1.165, 1.54) is 0 Å². The Bertz CT molecular complexity index is 647. The maximum absolute atomic E-state index is 13.0. The molecule has 1 aliphatic rings. The second kappa shape index (κ2) is 5.75. The summed E-state index contributed by atoms with van der Waals surface area (Å²) in [6.07, 6.45) is -3.69. The number of nitrogens with zero attached hydrogens (tertiary/aromatic N) is 3. The van der Waals surface area contributed by atoms with Crippen molar-refractivity contribution in [3.8, 4) is 0 Å². The third-order valence-corrected chi connectivity index (χ3v) is 3.82. The molecule has 1 aliphatic heterocycles. The van der Waals surface area contributed by atoms with Crippen LogP contribution in [-0.2, 0) is 19.6 Å². The van der Waals surface area contributed by atoms with Gasteiger partial charge in [0, 0.05) is 6.54 Å². The van der Waals surface area contributed by atoms with Crippen molar-refractivity contribution in [3.63, 3.8) is 0 Å². The van der Waals surface area contributed by atoms with E-state index in [1.807, 2.05) is 19.1 Å². The molecule has 2 aromatic rings. The topological polar surface area (TPSA) is 55.9 Å². The number of hydrogen-bond acceptors (Lipinski definition) is 4. The Morgan fingerprint density at radius 3 is 2.82 bits per heavy atom. The fourth-order valence-corrected chi connectivity index (χ4v) is 2.75. The van der Waals surface area contributed by atoms with Gasteiger partial charge in [-0.1, -0.05) is 0 Å². The number of alkyl halides is 3. The van der Waals surface area contributed by atoms with Gasteiger partial charge in [-0.2, -0.15) is 13.2 Å². The van der Waals surface area contributed by atoms with Crippen LogP contribution in [0.2, 0.25) is 0 Å². The Kier molecular flexibility index (Phi) is 3.94. The molecule has 0 amide bonds. The van der Waals surface area contributed by atoms with Crippen LogP contribution in [0, 0.1) is 6.92 Å². The zero-order valence-corrected chi connectivity index (χ0v) is 12.2. The van der Waals surface area contributed by atoms with Gasteiger partial charge < -0.3 is 14.3 Å². The smallest absolute Gasteiger partial charge is 0.398 e. The lowest BCUT2D eigenvalue weighted by atomic mass is 9.98. The summed E-state index contributed by atoms with van der Waals surface area (Å²) in [5.74, 6) is 0.667. The summed E-state index contributed by atoms with van der Waals surface area (Å²) < 4.78 is 46.0. The molecule has 1 N–H and O–H groups in total. The molecule has 0 aromatic carbocycles. The molecule has 0 unspecified atom stereocenters. The quantitative estimate of drug-likeness (QED) is 0.943. The second-order valence-electron chi connectivity index (χ2n) is 5.48. The van der Waals surface area contributed by atoms with E-state index in [4.69, 9.17) is 4.42 Å². The van der Waals surface area contributed by atoms with E-state index in [9.17, 15) is 13.2 Å². The molecule has 3 rings (SSSR count). The van der Waals surface area contributed by atoms with Crippen LogP contribution in [0.3, 0.4) is 0 Å². The summed E-state index contributed by atoms with van der Waals surface area (Å²) >= 11 is 0. The van der Waals surface area contributed by atoms with E-state index in [1.54, 1.807) is 4.57 Å². The second-order valence-corrected chi connectivity index (χ2v) is 5.48. The lowest BCUT2D eigenvalue weighted by Crippen LogP contribution is -2.29. The monoisotopic (exact) mass is 314 g/mol. The minimum Gasteiger partial charge on any atom is -0.465 e. The normalized spacial score (nSPS) is 18.5. The number of fused-ring (bicyclic) bond motifs is 1. The molecule has 2 aromatic heterocycles. The van der Waals surface area contributed by atoms with Gasteiger partial charge in [-0.05, 0) is 31.9 Å². The van der Waals surface area contributed by atoms with Gasteiger partial charge in [0.15, 0.2) is 0 Å². The SMILES string of the molecule is Cc1ccc(CNCc2nnc3n2CCC[C@@H]3C(F)(F)F)o1. The van der Waals surface area contributed by atoms with Gasteiger partial charge >= 0.3 is 6.18 Å². The Morgan fingerprint density at radius 2 is 2.14 bits per heavy atom. The van der Waals surface area contributed by atoms with Crippen LogP contribution >= 0.6 is 0 Å². The largest absolute Gasteiger partial charge is 0.465 e. The van der Waals surface area contributed by atoms with Gasteiger partial charge in [0.1, 0.15) is 29.1 Å². The van der Waals surface area contributed by atoms with Crippen LogP contribution in [-0.4, -0.2) is 20.9 Å². The van der Waals surface area contributed by atoms with E-state index in [0.717, 1.165) is 11.5 Å². The minimum absolute atomic E-state index is 0.0318. The van der Waals surface area contributed by atoms with Crippen LogP contribution in [0.5, 0.6) is 0 Å².